The van der Waals surface area contributed by atoms with E-state index in [0.29, 0.717) is 0 Å². The summed E-state index contributed by atoms with van der Waals surface area (Å²) >= 11 is 0. The fourth-order valence-corrected chi connectivity index (χ4v) is 2.43. The molecule has 0 aromatic carbocycles. The second kappa shape index (κ2) is 21.0. The maximum Gasteiger partial charge on any atom is 0.0780 e. The summed E-state index contributed by atoms with van der Waals surface area (Å²) in [6.07, 6.45) is 17.4. The van der Waals surface area contributed by atoms with Crippen LogP contribution in [0.15, 0.2) is 0 Å². The minimum absolute atomic E-state index is 0. The maximum absolute atomic E-state index is 2.29. The van der Waals surface area contributed by atoms with Crippen molar-refractivity contribution in [3.05, 3.63) is 0 Å². The van der Waals surface area contributed by atoms with E-state index < -0.39 is 0 Å². The van der Waals surface area contributed by atoms with Crippen LogP contribution in [-0.4, -0.2) is 32.2 Å². The molecule has 1 nitrogen and oxygen atoms in total. The molecule has 0 aliphatic rings. The van der Waals surface area contributed by atoms with E-state index in [1.54, 1.807) is 0 Å². The van der Waals surface area contributed by atoms with Crippen LogP contribution >= 0.6 is 22.3 Å². The van der Waals surface area contributed by atoms with Gasteiger partial charge in [0.1, 0.15) is 0 Å². The third-order valence-corrected chi connectivity index (χ3v) is 3.68. The van der Waals surface area contributed by atoms with Crippen molar-refractivity contribution in [1.29, 1.82) is 0 Å². The van der Waals surface area contributed by atoms with Gasteiger partial charge in [-0.2, -0.15) is 9.90 Å². The van der Waals surface area contributed by atoms with Crippen LogP contribution in [0.25, 0.3) is 0 Å². The quantitative estimate of drug-likeness (QED) is 0.269. The minimum atomic E-state index is 0. The van der Waals surface area contributed by atoms with E-state index in [1.807, 2.05) is 0 Å². The van der Waals surface area contributed by atoms with Crippen molar-refractivity contribution in [3.8, 4) is 0 Å². The highest BCUT2D eigenvalue weighted by molar-refractivity contribution is 6.92. The molecule has 0 fully saturated rings. The Balaban J connectivity index is -0.000000482. The summed E-state index contributed by atoms with van der Waals surface area (Å²) in [5.74, 6) is 0. The van der Waals surface area contributed by atoms with Crippen molar-refractivity contribution in [3.63, 3.8) is 0 Å². The van der Waals surface area contributed by atoms with E-state index in [1.165, 1.54) is 83.6 Å². The van der Waals surface area contributed by atoms with Gasteiger partial charge in [-0.25, -0.2) is 0 Å². The normalized spacial score (nSPS) is 10.3. The average Bonchev–Trinajstić information content (AvgIpc) is 2.29. The Kier molecular flexibility index (Phi) is 29.9. The second-order valence-electron chi connectivity index (χ2n) is 6.90. The van der Waals surface area contributed by atoms with Gasteiger partial charge >= 0.3 is 0 Å². The minimum Gasteiger partial charge on any atom is -1.00 e. The molecule has 0 amide bonds. The van der Waals surface area contributed by atoms with Gasteiger partial charge in [-0.3, -0.25) is 0 Å². The number of halogens is 2. The van der Waals surface area contributed by atoms with E-state index in [0.717, 1.165) is 4.48 Å². The van der Waals surface area contributed by atoms with Crippen LogP contribution in [0, 0.1) is 0 Å². The average molecular weight is 362 g/mol. The molecule has 21 heavy (non-hydrogen) atoms. The van der Waals surface area contributed by atoms with Gasteiger partial charge in [0.15, 0.2) is 0 Å². The zero-order chi connectivity index (χ0) is 13.7. The van der Waals surface area contributed by atoms with Gasteiger partial charge in [-0.05, 0) is 12.8 Å². The molecule has 0 aromatic heterocycles. The number of hydrogen-bond donors (Lipinski definition) is 0. The van der Waals surface area contributed by atoms with Crippen LogP contribution in [0.5, 0.6) is 0 Å². The van der Waals surface area contributed by atoms with Crippen molar-refractivity contribution in [2.45, 2.75) is 84.0 Å². The summed E-state index contributed by atoms with van der Waals surface area (Å²) < 4.78 is 1.12. The lowest BCUT2D eigenvalue weighted by Gasteiger charge is -2.23. The predicted molar refractivity (Wildman–Crippen MR) is 102 cm³/mol. The fraction of sp³-hybridized carbons (Fsp3) is 1.00. The molecule has 0 N–H and O–H groups in total. The molecule has 0 heterocycles. The SMILES string of the molecule is CCCCCCCCCCCCCC[N+](C)(C)C.Cl.P.[Cl-]. The smallest absolute Gasteiger partial charge is 0.0780 e. The van der Waals surface area contributed by atoms with E-state index in [9.17, 15) is 0 Å². The zero-order valence-electron chi connectivity index (χ0n) is 15.1. The van der Waals surface area contributed by atoms with Gasteiger partial charge in [-0.15, -0.1) is 12.4 Å². The van der Waals surface area contributed by atoms with Crippen LogP contribution in [0.2, 0.25) is 0 Å². The lowest BCUT2D eigenvalue weighted by Crippen LogP contribution is -3.00. The van der Waals surface area contributed by atoms with Crippen molar-refractivity contribution >= 4 is 22.3 Å². The Bertz CT molecular complexity index is 173. The predicted octanol–water partition coefficient (Wildman–Crippen LogP) is 2.88. The topological polar surface area (TPSA) is 0 Å². The molecule has 0 radical (unpaired) electrons. The molecule has 0 aliphatic heterocycles. The van der Waals surface area contributed by atoms with Crippen LogP contribution < -0.4 is 12.4 Å². The van der Waals surface area contributed by atoms with Crippen LogP contribution in [0.3, 0.4) is 0 Å². The van der Waals surface area contributed by atoms with Crippen molar-refractivity contribution in [2.75, 3.05) is 27.7 Å². The summed E-state index contributed by atoms with van der Waals surface area (Å²) in [4.78, 5) is 0. The highest BCUT2D eigenvalue weighted by Gasteiger charge is 2.04. The number of rotatable bonds is 13. The molecule has 0 aliphatic carbocycles. The number of nitrogens with zero attached hydrogens (tertiary/aromatic N) is 1. The molecule has 4 heteroatoms. The maximum atomic E-state index is 2.29. The largest absolute Gasteiger partial charge is 1.00 e. The summed E-state index contributed by atoms with van der Waals surface area (Å²) in [6.45, 7) is 3.62. The molecule has 1 unspecified atom stereocenters. The van der Waals surface area contributed by atoms with Crippen LogP contribution in [-0.2, 0) is 0 Å². The van der Waals surface area contributed by atoms with Gasteiger partial charge in [0, 0.05) is 0 Å². The lowest BCUT2D eigenvalue weighted by atomic mass is 10.1. The monoisotopic (exact) mass is 361 g/mol. The Morgan fingerprint density at radius 1 is 0.571 bits per heavy atom. The summed E-state index contributed by atoms with van der Waals surface area (Å²) in [5, 5.41) is 0. The molecule has 0 rings (SSSR count). The second-order valence-corrected chi connectivity index (χ2v) is 6.90. The Morgan fingerprint density at radius 2 is 0.857 bits per heavy atom. The summed E-state index contributed by atoms with van der Waals surface area (Å²) in [7, 11) is 6.87. The van der Waals surface area contributed by atoms with Gasteiger partial charge < -0.3 is 16.9 Å². The molecule has 1 atom stereocenters. The lowest BCUT2D eigenvalue weighted by molar-refractivity contribution is -0.870. The summed E-state index contributed by atoms with van der Waals surface area (Å²) in [6, 6.07) is 0. The Hall–Kier alpha value is 0.970. The van der Waals surface area contributed by atoms with Crippen LogP contribution in [0.4, 0.5) is 0 Å². The van der Waals surface area contributed by atoms with Gasteiger partial charge in [-0.1, -0.05) is 71.1 Å². The van der Waals surface area contributed by atoms with Gasteiger partial charge in [0.2, 0.25) is 0 Å². The molecule has 0 spiro atoms. The molecule has 134 valence electrons. The third kappa shape index (κ3) is 29.6. The number of hydrogen-bond acceptors (Lipinski definition) is 0. The molecular weight excluding hydrogens is 320 g/mol. The molecule has 0 saturated heterocycles. The van der Waals surface area contributed by atoms with E-state index in [-0.39, 0.29) is 34.7 Å². The first kappa shape index (κ1) is 29.9. The van der Waals surface area contributed by atoms with Crippen molar-refractivity contribution in [1.82, 2.24) is 0 Å². The molecule has 0 bridgehead atoms. The molecular formula is C17H42Cl2NP. The van der Waals surface area contributed by atoms with Crippen LogP contribution in [0.1, 0.15) is 84.0 Å². The first-order valence-corrected chi connectivity index (χ1v) is 8.36. The molecule has 0 aromatic rings. The van der Waals surface area contributed by atoms with Gasteiger partial charge in [0.05, 0.1) is 27.7 Å². The Morgan fingerprint density at radius 3 is 1.14 bits per heavy atom. The van der Waals surface area contributed by atoms with Crippen molar-refractivity contribution in [2.24, 2.45) is 0 Å². The zero-order valence-corrected chi connectivity index (χ0v) is 18.1. The van der Waals surface area contributed by atoms with E-state index in [2.05, 4.69) is 28.1 Å². The van der Waals surface area contributed by atoms with Gasteiger partial charge in [0.25, 0.3) is 0 Å². The summed E-state index contributed by atoms with van der Waals surface area (Å²) in [5.41, 5.74) is 0. The Labute approximate surface area is 151 Å². The standard InChI is InChI=1S/C17H38N.2ClH.H3P/c1-5-6-7-8-9-10-11-12-13-14-15-16-17-18(2,3)4;;;/h5-17H2,1-4H3;2*1H;1H3/q+1;;;/p-1. The first-order chi connectivity index (χ1) is 8.56. The fourth-order valence-electron chi connectivity index (χ4n) is 2.43. The first-order valence-electron chi connectivity index (χ1n) is 8.36. The number of unbranched alkanes of at least 4 members (excludes halogenated alkanes) is 11. The van der Waals surface area contributed by atoms with E-state index in [4.69, 9.17) is 0 Å². The van der Waals surface area contributed by atoms with Crippen molar-refractivity contribution < 1.29 is 16.9 Å². The molecule has 0 saturated carbocycles. The number of quaternary nitrogens is 1. The van der Waals surface area contributed by atoms with E-state index >= 15 is 0 Å². The highest BCUT2D eigenvalue weighted by atomic mass is 35.5. The third-order valence-electron chi connectivity index (χ3n) is 3.68. The highest BCUT2D eigenvalue weighted by Crippen LogP contribution is 2.12.